The van der Waals surface area contributed by atoms with Crippen molar-refractivity contribution >= 4 is 22.8 Å². The van der Waals surface area contributed by atoms with E-state index < -0.39 is 17.7 Å². The number of methoxy groups -OCH3 is 1. The molecule has 0 unspecified atom stereocenters. The van der Waals surface area contributed by atoms with Crippen LogP contribution in [0.2, 0.25) is 0 Å². The molecule has 204 valence electrons. The molecule has 1 N–H and O–H groups in total. The highest BCUT2D eigenvalue weighted by molar-refractivity contribution is 6.06. The third kappa shape index (κ3) is 6.30. The fraction of sp³-hybridized carbons (Fsp3) is 0.300. The van der Waals surface area contributed by atoms with Gasteiger partial charge in [-0.3, -0.25) is 9.48 Å². The van der Waals surface area contributed by atoms with E-state index in [1.165, 1.54) is 19.2 Å². The number of alkyl halides is 3. The van der Waals surface area contributed by atoms with Crippen LogP contribution in [0.1, 0.15) is 69.9 Å². The van der Waals surface area contributed by atoms with Crippen molar-refractivity contribution in [1.29, 1.82) is 0 Å². The average Bonchev–Trinajstić information content (AvgIpc) is 3.26. The summed E-state index contributed by atoms with van der Waals surface area (Å²) in [6, 6.07) is 17.0. The average molecular weight is 538 g/mol. The van der Waals surface area contributed by atoms with Crippen molar-refractivity contribution in [3.05, 3.63) is 100 Å². The van der Waals surface area contributed by atoms with E-state index in [0.717, 1.165) is 23.3 Å². The summed E-state index contributed by atoms with van der Waals surface area (Å²) in [6.07, 6.45) is -4.06. The first kappa shape index (κ1) is 27.9. The molecule has 1 amide bonds. The van der Waals surface area contributed by atoms with Gasteiger partial charge < -0.3 is 10.1 Å². The monoisotopic (exact) mass is 537 g/mol. The number of rotatable bonds is 8. The number of ether oxygens (including phenoxy) is 1. The number of benzene rings is 3. The highest BCUT2D eigenvalue weighted by Gasteiger charge is 2.30. The molecule has 1 aromatic heterocycles. The number of hydrogen-bond donors (Lipinski definition) is 1. The van der Waals surface area contributed by atoms with E-state index >= 15 is 0 Å². The van der Waals surface area contributed by atoms with Gasteiger partial charge in [-0.25, -0.2) is 4.79 Å². The quantitative estimate of drug-likeness (QED) is 0.258. The van der Waals surface area contributed by atoms with Gasteiger partial charge >= 0.3 is 12.1 Å². The number of carbonyl (C=O) groups excluding carboxylic acids is 2. The van der Waals surface area contributed by atoms with Gasteiger partial charge in [0.1, 0.15) is 5.69 Å². The molecule has 0 saturated carbocycles. The minimum Gasteiger partial charge on any atom is -0.465 e. The number of carbonyl (C=O) groups is 2. The molecule has 0 aliphatic rings. The van der Waals surface area contributed by atoms with E-state index in [1.54, 1.807) is 28.9 Å². The summed E-state index contributed by atoms with van der Waals surface area (Å²) in [7, 11) is 1.32. The van der Waals surface area contributed by atoms with Gasteiger partial charge in [-0.05, 0) is 66.3 Å². The lowest BCUT2D eigenvalue weighted by atomic mass is 9.98. The predicted molar refractivity (Wildman–Crippen MR) is 142 cm³/mol. The lowest BCUT2D eigenvalue weighted by molar-refractivity contribution is -0.137. The Bertz CT molecular complexity index is 1470. The van der Waals surface area contributed by atoms with Crippen molar-refractivity contribution in [2.45, 2.75) is 46.0 Å². The summed E-state index contributed by atoms with van der Waals surface area (Å²) < 4.78 is 45.5. The van der Waals surface area contributed by atoms with Gasteiger partial charge in [0.2, 0.25) is 0 Å². The van der Waals surface area contributed by atoms with Gasteiger partial charge in [0.15, 0.2) is 0 Å². The Morgan fingerprint density at radius 2 is 1.64 bits per heavy atom. The largest absolute Gasteiger partial charge is 0.465 e. The third-order valence-corrected chi connectivity index (χ3v) is 6.46. The Balaban J connectivity index is 1.68. The summed E-state index contributed by atoms with van der Waals surface area (Å²) in [4.78, 5) is 25.5. The number of hydrogen-bond acceptors (Lipinski definition) is 4. The zero-order valence-corrected chi connectivity index (χ0v) is 22.2. The summed E-state index contributed by atoms with van der Waals surface area (Å²) in [6.45, 7) is 6.42. The van der Waals surface area contributed by atoms with E-state index in [0.29, 0.717) is 40.7 Å². The molecular weight excluding hydrogens is 507 g/mol. The van der Waals surface area contributed by atoms with Crippen molar-refractivity contribution in [1.82, 2.24) is 15.1 Å². The van der Waals surface area contributed by atoms with Crippen LogP contribution in [0.25, 0.3) is 10.9 Å². The molecule has 6 nitrogen and oxygen atoms in total. The second kappa shape index (κ2) is 11.3. The molecule has 0 saturated heterocycles. The fourth-order valence-corrected chi connectivity index (χ4v) is 4.51. The molecule has 0 radical (unpaired) electrons. The summed E-state index contributed by atoms with van der Waals surface area (Å²) >= 11 is 0. The molecular formula is C30H30F3N3O3. The Labute approximate surface area is 224 Å². The number of nitrogens with zero attached hydrogens (tertiary/aromatic N) is 2. The lowest BCUT2D eigenvalue weighted by Crippen LogP contribution is -2.29. The smallest absolute Gasteiger partial charge is 0.416 e. The van der Waals surface area contributed by atoms with Crippen molar-refractivity contribution in [3.63, 3.8) is 0 Å². The fourth-order valence-electron chi connectivity index (χ4n) is 4.51. The molecule has 0 aliphatic heterocycles. The number of amides is 1. The van der Waals surface area contributed by atoms with Crippen LogP contribution in [0.3, 0.4) is 0 Å². The Morgan fingerprint density at radius 3 is 2.23 bits per heavy atom. The maximum absolute atomic E-state index is 13.7. The van der Waals surface area contributed by atoms with E-state index in [9.17, 15) is 22.8 Å². The topological polar surface area (TPSA) is 73.2 Å². The number of halogens is 3. The molecule has 39 heavy (non-hydrogen) atoms. The van der Waals surface area contributed by atoms with E-state index in [-0.39, 0.29) is 17.9 Å². The molecule has 0 bridgehead atoms. The van der Waals surface area contributed by atoms with Crippen molar-refractivity contribution in [2.24, 2.45) is 5.92 Å². The number of fused-ring (bicyclic) bond motifs is 1. The standard InChI is InChI=1S/C30H30F3N3O3/c1-18(2)17-36-27(28(37)34-19(3)21-10-12-22(13-11-21)29(38)39-4)26-23(6-5-7-25(26)35-36)16-20-8-14-24(15-9-20)30(31,32)33/h5-15,18-19H,16-17H2,1-4H3,(H,34,37)/t19-/m0/s1. The van der Waals surface area contributed by atoms with Gasteiger partial charge in [-0.1, -0.05) is 50.2 Å². The van der Waals surface area contributed by atoms with Crippen molar-refractivity contribution in [2.75, 3.05) is 7.11 Å². The van der Waals surface area contributed by atoms with Gasteiger partial charge in [0.05, 0.1) is 29.8 Å². The molecule has 4 aromatic rings. The maximum atomic E-state index is 13.7. The lowest BCUT2D eigenvalue weighted by Gasteiger charge is -2.17. The van der Waals surface area contributed by atoms with E-state index in [4.69, 9.17) is 9.84 Å². The van der Waals surface area contributed by atoms with Crippen LogP contribution >= 0.6 is 0 Å². The first-order valence-corrected chi connectivity index (χ1v) is 12.6. The molecule has 1 heterocycles. The number of esters is 1. The second-order valence-corrected chi connectivity index (χ2v) is 9.92. The molecule has 4 rings (SSSR count). The molecule has 1 atom stereocenters. The second-order valence-electron chi connectivity index (χ2n) is 9.92. The summed E-state index contributed by atoms with van der Waals surface area (Å²) in [5, 5.41) is 8.41. The summed E-state index contributed by atoms with van der Waals surface area (Å²) in [5.74, 6) is -0.544. The van der Waals surface area contributed by atoms with Crippen LogP contribution < -0.4 is 5.32 Å². The molecule has 0 spiro atoms. The SMILES string of the molecule is COC(=O)c1ccc([C@H](C)NC(=O)c2c3c(Cc4ccc(C(F)(F)F)cc4)cccc3nn2CC(C)C)cc1. The Hall–Kier alpha value is -4.14. The number of aromatic nitrogens is 2. The Kier molecular flexibility index (Phi) is 8.09. The van der Waals surface area contributed by atoms with E-state index in [2.05, 4.69) is 5.32 Å². The van der Waals surface area contributed by atoms with Crippen molar-refractivity contribution in [3.8, 4) is 0 Å². The number of nitrogens with one attached hydrogen (secondary N) is 1. The minimum atomic E-state index is -4.40. The minimum absolute atomic E-state index is 0.215. The highest BCUT2D eigenvalue weighted by atomic mass is 19.4. The van der Waals surface area contributed by atoms with Gasteiger partial charge in [0, 0.05) is 11.9 Å². The van der Waals surface area contributed by atoms with Crippen LogP contribution in [-0.4, -0.2) is 28.8 Å². The predicted octanol–water partition coefficient (Wildman–Crippen LogP) is 6.58. The zero-order chi connectivity index (χ0) is 28.3. The zero-order valence-electron chi connectivity index (χ0n) is 22.2. The van der Waals surface area contributed by atoms with Crippen LogP contribution in [0, 0.1) is 5.92 Å². The normalized spacial score (nSPS) is 12.5. The van der Waals surface area contributed by atoms with Crippen molar-refractivity contribution < 1.29 is 27.5 Å². The first-order valence-electron chi connectivity index (χ1n) is 12.6. The van der Waals surface area contributed by atoms with Crippen LogP contribution in [0.4, 0.5) is 13.2 Å². The van der Waals surface area contributed by atoms with Crippen LogP contribution in [0.5, 0.6) is 0 Å². The van der Waals surface area contributed by atoms with Crippen LogP contribution in [0.15, 0.2) is 66.7 Å². The molecule has 0 fully saturated rings. The third-order valence-electron chi connectivity index (χ3n) is 6.46. The van der Waals surface area contributed by atoms with E-state index in [1.807, 2.05) is 39.0 Å². The molecule has 0 aliphatic carbocycles. The Morgan fingerprint density at radius 1 is 0.974 bits per heavy atom. The van der Waals surface area contributed by atoms with Gasteiger partial charge in [-0.2, -0.15) is 18.3 Å². The molecule has 3 aromatic carbocycles. The van der Waals surface area contributed by atoms with Gasteiger partial charge in [-0.15, -0.1) is 0 Å². The highest BCUT2D eigenvalue weighted by Crippen LogP contribution is 2.31. The molecule has 9 heteroatoms. The first-order chi connectivity index (χ1) is 18.5. The summed E-state index contributed by atoms with van der Waals surface area (Å²) in [5.41, 5.74) is 3.04. The van der Waals surface area contributed by atoms with Crippen LogP contribution in [-0.2, 0) is 23.9 Å². The van der Waals surface area contributed by atoms with Gasteiger partial charge in [0.25, 0.3) is 5.91 Å². The maximum Gasteiger partial charge on any atom is 0.416 e.